The van der Waals surface area contributed by atoms with E-state index in [0.29, 0.717) is 22.6 Å². The molecule has 0 aliphatic rings. The number of phenols is 1. The van der Waals surface area contributed by atoms with Crippen LogP contribution < -0.4 is 10.2 Å². The number of hydrogen-bond acceptors (Lipinski definition) is 7. The average molecular weight is 508 g/mol. The van der Waals surface area contributed by atoms with Gasteiger partial charge in [-0.15, -0.1) is 10.2 Å². The van der Waals surface area contributed by atoms with Crippen molar-refractivity contribution in [3.05, 3.63) is 83.4 Å². The molecule has 0 radical (unpaired) electrons. The molecule has 0 atom stereocenters. The number of nitrogens with one attached hydrogen (secondary N) is 1. The van der Waals surface area contributed by atoms with Gasteiger partial charge < -0.3 is 9.84 Å². The molecule has 0 fully saturated rings. The third-order valence-corrected chi connectivity index (χ3v) is 5.95. The van der Waals surface area contributed by atoms with Crippen molar-refractivity contribution in [2.24, 2.45) is 5.10 Å². The Kier molecular flexibility index (Phi) is 8.02. The number of aromatic hydroxyl groups is 1. The molecule has 0 spiro atoms. The molecule has 35 heavy (non-hydrogen) atoms. The molecule has 4 rings (SSSR count). The van der Waals surface area contributed by atoms with E-state index >= 15 is 0 Å². The minimum Gasteiger partial charge on any atom is -0.508 e. The van der Waals surface area contributed by atoms with E-state index in [9.17, 15) is 9.90 Å². The van der Waals surface area contributed by atoms with E-state index in [-0.39, 0.29) is 17.4 Å². The smallest absolute Gasteiger partial charge is 0.250 e. The van der Waals surface area contributed by atoms with Crippen molar-refractivity contribution in [3.8, 4) is 28.6 Å². The van der Waals surface area contributed by atoms with Crippen LogP contribution in [0.5, 0.6) is 11.5 Å². The first-order chi connectivity index (χ1) is 17.0. The third kappa shape index (κ3) is 6.40. The molecule has 0 unspecified atom stereocenters. The van der Waals surface area contributed by atoms with Crippen molar-refractivity contribution in [1.82, 2.24) is 20.2 Å². The topological polar surface area (TPSA) is 102 Å². The van der Waals surface area contributed by atoms with E-state index in [4.69, 9.17) is 16.3 Å². The summed E-state index contributed by atoms with van der Waals surface area (Å²) >= 11 is 7.30. The van der Waals surface area contributed by atoms with Gasteiger partial charge in [0.15, 0.2) is 11.0 Å². The van der Waals surface area contributed by atoms with Crippen LogP contribution in [-0.4, -0.2) is 44.4 Å². The second-order valence-electron chi connectivity index (χ2n) is 7.25. The lowest BCUT2D eigenvalue weighted by Gasteiger charge is -2.11. The highest BCUT2D eigenvalue weighted by molar-refractivity contribution is 7.99. The molecule has 1 aromatic heterocycles. The highest BCUT2D eigenvalue weighted by Gasteiger charge is 2.17. The number of hydrogen-bond donors (Lipinski definition) is 2. The van der Waals surface area contributed by atoms with Crippen LogP contribution in [0, 0.1) is 0 Å². The van der Waals surface area contributed by atoms with Crippen LogP contribution in [-0.2, 0) is 4.79 Å². The molecule has 4 aromatic rings. The maximum atomic E-state index is 12.4. The fraction of sp³-hybridized carbons (Fsp3) is 0.120. The maximum absolute atomic E-state index is 12.4. The zero-order valence-electron chi connectivity index (χ0n) is 18.8. The number of carbonyl (C=O) groups excluding carboxylic acids is 1. The Morgan fingerprint density at radius 1 is 1.09 bits per heavy atom. The van der Waals surface area contributed by atoms with Crippen LogP contribution in [0.3, 0.4) is 0 Å². The van der Waals surface area contributed by atoms with Gasteiger partial charge >= 0.3 is 0 Å². The Morgan fingerprint density at radius 2 is 1.80 bits per heavy atom. The largest absolute Gasteiger partial charge is 0.508 e. The highest BCUT2D eigenvalue weighted by atomic mass is 35.5. The molecule has 1 amide bonds. The van der Waals surface area contributed by atoms with Crippen LogP contribution >= 0.6 is 23.4 Å². The van der Waals surface area contributed by atoms with Crippen molar-refractivity contribution in [3.63, 3.8) is 0 Å². The Balaban J connectivity index is 1.52. The second kappa shape index (κ2) is 11.5. The Bertz CT molecular complexity index is 1310. The Labute approximate surface area is 211 Å². The van der Waals surface area contributed by atoms with Gasteiger partial charge in [0.25, 0.3) is 5.91 Å². The zero-order chi connectivity index (χ0) is 24.6. The number of nitrogens with zero attached hydrogens (tertiary/aromatic N) is 4. The third-order valence-electron chi connectivity index (χ3n) is 4.77. The first kappa shape index (κ1) is 24.3. The van der Waals surface area contributed by atoms with E-state index < -0.39 is 0 Å². The molecule has 1 heterocycles. The first-order valence-electron chi connectivity index (χ1n) is 10.7. The lowest BCUT2D eigenvalue weighted by Crippen LogP contribution is -2.20. The molecular weight excluding hydrogens is 486 g/mol. The Hall–Kier alpha value is -3.82. The van der Waals surface area contributed by atoms with E-state index in [0.717, 1.165) is 22.6 Å². The first-order valence-corrected chi connectivity index (χ1v) is 12.1. The number of amides is 1. The van der Waals surface area contributed by atoms with E-state index in [1.54, 1.807) is 36.4 Å². The minimum absolute atomic E-state index is 0.0860. The van der Waals surface area contributed by atoms with Gasteiger partial charge in [0.2, 0.25) is 0 Å². The van der Waals surface area contributed by atoms with Gasteiger partial charge in [0.1, 0.15) is 11.5 Å². The molecule has 3 aromatic carbocycles. The van der Waals surface area contributed by atoms with Crippen molar-refractivity contribution in [1.29, 1.82) is 0 Å². The maximum Gasteiger partial charge on any atom is 0.250 e. The summed E-state index contributed by atoms with van der Waals surface area (Å²) in [5.74, 6) is 1.34. The van der Waals surface area contributed by atoms with Crippen LogP contribution in [0.25, 0.3) is 17.1 Å². The van der Waals surface area contributed by atoms with Crippen LogP contribution in [0.1, 0.15) is 12.5 Å². The van der Waals surface area contributed by atoms with Gasteiger partial charge in [-0.25, -0.2) is 5.43 Å². The van der Waals surface area contributed by atoms with Crippen molar-refractivity contribution < 1.29 is 14.6 Å². The van der Waals surface area contributed by atoms with Crippen LogP contribution in [0.4, 0.5) is 0 Å². The molecule has 0 aliphatic heterocycles. The molecule has 0 bridgehead atoms. The molecule has 178 valence electrons. The number of phenolic OH excluding ortho intramolecular Hbond substituents is 1. The van der Waals surface area contributed by atoms with E-state index in [1.165, 1.54) is 18.0 Å². The van der Waals surface area contributed by atoms with E-state index in [1.807, 2.05) is 47.9 Å². The monoisotopic (exact) mass is 507 g/mol. The zero-order valence-corrected chi connectivity index (χ0v) is 20.3. The predicted molar refractivity (Wildman–Crippen MR) is 138 cm³/mol. The lowest BCUT2D eigenvalue weighted by molar-refractivity contribution is -0.118. The quantitative estimate of drug-likeness (QED) is 0.189. The molecule has 8 nitrogen and oxygen atoms in total. The number of hydrazone groups is 1. The van der Waals surface area contributed by atoms with Gasteiger partial charge in [-0.2, -0.15) is 5.10 Å². The van der Waals surface area contributed by atoms with Gasteiger partial charge in [-0.05, 0) is 85.3 Å². The number of halogens is 1. The van der Waals surface area contributed by atoms with Gasteiger partial charge in [0, 0.05) is 16.3 Å². The summed E-state index contributed by atoms with van der Waals surface area (Å²) in [7, 11) is 0. The van der Waals surface area contributed by atoms with Crippen molar-refractivity contribution in [2.45, 2.75) is 12.1 Å². The molecule has 10 heteroatoms. The predicted octanol–water partition coefficient (Wildman–Crippen LogP) is 4.93. The second-order valence-corrected chi connectivity index (χ2v) is 8.63. The number of rotatable bonds is 9. The summed E-state index contributed by atoms with van der Waals surface area (Å²) in [6, 6.07) is 21.4. The van der Waals surface area contributed by atoms with Crippen LogP contribution in [0.15, 0.2) is 83.1 Å². The highest BCUT2D eigenvalue weighted by Crippen LogP contribution is 2.29. The summed E-state index contributed by atoms with van der Waals surface area (Å²) in [6.07, 6.45) is 1.50. The molecular formula is C25H22ClN5O3S. The van der Waals surface area contributed by atoms with Gasteiger partial charge in [-0.3, -0.25) is 9.36 Å². The summed E-state index contributed by atoms with van der Waals surface area (Å²) in [4.78, 5) is 12.4. The van der Waals surface area contributed by atoms with Crippen LogP contribution in [0.2, 0.25) is 5.02 Å². The molecule has 2 N–H and O–H groups in total. The van der Waals surface area contributed by atoms with Crippen molar-refractivity contribution in [2.75, 3.05) is 12.4 Å². The fourth-order valence-corrected chi connectivity index (χ4v) is 4.01. The average Bonchev–Trinajstić information content (AvgIpc) is 3.29. The number of thioether (sulfide) groups is 1. The summed E-state index contributed by atoms with van der Waals surface area (Å²) in [6.45, 7) is 2.51. The lowest BCUT2D eigenvalue weighted by atomic mass is 10.2. The molecule has 0 aliphatic carbocycles. The van der Waals surface area contributed by atoms with Gasteiger partial charge in [-0.1, -0.05) is 23.4 Å². The summed E-state index contributed by atoms with van der Waals surface area (Å²) in [5.41, 5.74) is 4.92. The van der Waals surface area contributed by atoms with E-state index in [2.05, 4.69) is 20.7 Å². The molecule has 0 saturated heterocycles. The summed E-state index contributed by atoms with van der Waals surface area (Å²) < 4.78 is 7.44. The Morgan fingerprint density at radius 3 is 2.49 bits per heavy atom. The standard InChI is InChI=1S/C25H22ClN5O3S/c1-2-34-22-13-9-20(10-14-22)31-24(18-5-7-19(26)8-6-18)29-30-25(31)35-16-23(33)28-27-15-17-3-11-21(32)12-4-17/h3-15,32H,2,16H2,1H3,(H,28,33)/b27-15-. The fourth-order valence-electron chi connectivity index (χ4n) is 3.14. The number of aromatic nitrogens is 3. The number of carbonyl (C=O) groups is 1. The number of ether oxygens (including phenoxy) is 1. The number of benzene rings is 3. The SMILES string of the molecule is CCOc1ccc(-n2c(SCC(=O)N/N=C\c3ccc(O)cc3)nnc2-c2ccc(Cl)cc2)cc1. The minimum atomic E-state index is -0.292. The normalized spacial score (nSPS) is 11.0. The van der Waals surface area contributed by atoms with Gasteiger partial charge in [0.05, 0.1) is 18.6 Å². The molecule has 0 saturated carbocycles. The van der Waals surface area contributed by atoms with Crippen molar-refractivity contribution >= 4 is 35.5 Å². The summed E-state index contributed by atoms with van der Waals surface area (Å²) in [5, 5.41) is 23.2.